The smallest absolute Gasteiger partial charge is 0.256 e. The molecule has 0 aliphatic rings. The zero-order chi connectivity index (χ0) is 18.6. The first-order valence-electron chi connectivity index (χ1n) is 7.37. The number of aryl methyl sites for hydroxylation is 1. The van der Waals surface area contributed by atoms with Crippen molar-refractivity contribution in [3.05, 3.63) is 58.0 Å². The van der Waals surface area contributed by atoms with Gasteiger partial charge in [-0.15, -0.1) is 0 Å². The summed E-state index contributed by atoms with van der Waals surface area (Å²) in [5.41, 5.74) is 0.831. The highest BCUT2D eigenvalue weighted by Gasteiger charge is 2.14. The fourth-order valence-electron chi connectivity index (χ4n) is 2.21. The number of nitrogens with one attached hydrogen (secondary N) is 1. The number of aromatic nitrogens is 1. The minimum atomic E-state index is -3.72. The maximum atomic E-state index is 12.3. The average Bonchev–Trinajstić information content (AvgIpc) is 2.56. The van der Waals surface area contributed by atoms with E-state index in [1.807, 2.05) is 0 Å². The quantitative estimate of drug-likeness (QED) is 0.747. The predicted octanol–water partition coefficient (Wildman–Crippen LogP) is 0.0138. The van der Waals surface area contributed by atoms with Crippen LogP contribution in [-0.2, 0) is 23.5 Å². The van der Waals surface area contributed by atoms with Gasteiger partial charge in [-0.25, -0.2) is 13.6 Å². The Morgan fingerprint density at radius 3 is 2.48 bits per heavy atom. The Balaban J connectivity index is 2.01. The van der Waals surface area contributed by atoms with E-state index >= 15 is 0 Å². The molecule has 25 heavy (non-hydrogen) atoms. The molecule has 1 heterocycles. The van der Waals surface area contributed by atoms with Crippen LogP contribution < -0.4 is 20.8 Å². The maximum absolute atomic E-state index is 12.3. The van der Waals surface area contributed by atoms with Crippen LogP contribution in [0.25, 0.3) is 0 Å². The van der Waals surface area contributed by atoms with E-state index in [0.717, 1.165) is 5.56 Å². The van der Waals surface area contributed by atoms with Crippen LogP contribution in [0.1, 0.15) is 15.9 Å². The Hall–Kier alpha value is -2.65. The molecule has 9 heteroatoms. The van der Waals surface area contributed by atoms with Crippen LogP contribution in [0, 0.1) is 0 Å². The summed E-state index contributed by atoms with van der Waals surface area (Å²) in [6.45, 7) is 0.333. The molecule has 0 saturated carbocycles. The number of hydrogen-bond acceptors (Lipinski definition) is 5. The van der Waals surface area contributed by atoms with E-state index in [-0.39, 0.29) is 27.7 Å². The van der Waals surface area contributed by atoms with Crippen molar-refractivity contribution in [1.29, 1.82) is 0 Å². The third-order valence-corrected chi connectivity index (χ3v) is 4.54. The van der Waals surface area contributed by atoms with Crippen molar-refractivity contribution >= 4 is 15.9 Å². The van der Waals surface area contributed by atoms with E-state index < -0.39 is 10.0 Å². The van der Waals surface area contributed by atoms with E-state index in [4.69, 9.17) is 9.88 Å². The number of sulfonamides is 1. The topological polar surface area (TPSA) is 120 Å². The number of methoxy groups -OCH3 is 1. The molecule has 8 nitrogen and oxygen atoms in total. The van der Waals surface area contributed by atoms with E-state index in [1.165, 1.54) is 36.1 Å². The van der Waals surface area contributed by atoms with Gasteiger partial charge in [-0.1, -0.05) is 12.1 Å². The van der Waals surface area contributed by atoms with Crippen molar-refractivity contribution in [3.8, 4) is 5.75 Å². The predicted molar refractivity (Wildman–Crippen MR) is 92.1 cm³/mol. The summed E-state index contributed by atoms with van der Waals surface area (Å²) < 4.78 is 28.8. The van der Waals surface area contributed by atoms with Crippen LogP contribution in [0.4, 0.5) is 0 Å². The normalized spacial score (nSPS) is 11.2. The molecule has 2 aromatic rings. The summed E-state index contributed by atoms with van der Waals surface area (Å²) in [6.07, 6.45) is 1.92. The van der Waals surface area contributed by atoms with Gasteiger partial charge < -0.3 is 14.6 Å². The minimum absolute atomic E-state index is 0.0372. The molecule has 0 unspecified atom stereocenters. The van der Waals surface area contributed by atoms with Gasteiger partial charge in [0.2, 0.25) is 10.0 Å². The highest BCUT2D eigenvalue weighted by molar-refractivity contribution is 7.89. The highest BCUT2D eigenvalue weighted by atomic mass is 32.2. The lowest BCUT2D eigenvalue weighted by Crippen LogP contribution is -2.28. The molecule has 0 bridgehead atoms. The summed E-state index contributed by atoms with van der Waals surface area (Å²) in [4.78, 5) is 23.9. The first-order valence-corrected chi connectivity index (χ1v) is 8.91. The van der Waals surface area contributed by atoms with Gasteiger partial charge in [0.05, 0.1) is 17.6 Å². The van der Waals surface area contributed by atoms with Crippen LogP contribution in [0.2, 0.25) is 0 Å². The van der Waals surface area contributed by atoms with Crippen LogP contribution >= 0.6 is 0 Å². The van der Waals surface area contributed by atoms with Crippen molar-refractivity contribution in [2.24, 2.45) is 12.2 Å². The molecule has 0 spiro atoms. The average molecular weight is 365 g/mol. The standard InChI is InChI=1S/C16H19N3O5S/c1-19-10-13(14(24-2)9-15(19)20)16(21)18-8-7-11-3-5-12(6-4-11)25(17,22)23/h3-6,9-10H,7-8H2,1-2H3,(H,18,21)(H2,17,22,23). The fraction of sp³-hybridized carbons (Fsp3) is 0.250. The van der Waals surface area contributed by atoms with E-state index in [0.29, 0.717) is 13.0 Å². The van der Waals surface area contributed by atoms with E-state index in [1.54, 1.807) is 19.2 Å². The zero-order valence-electron chi connectivity index (χ0n) is 13.9. The molecule has 2 rings (SSSR count). The second-order valence-corrected chi connectivity index (χ2v) is 6.96. The number of amides is 1. The van der Waals surface area contributed by atoms with Crippen molar-refractivity contribution in [2.75, 3.05) is 13.7 Å². The van der Waals surface area contributed by atoms with Crippen LogP contribution in [-0.4, -0.2) is 32.5 Å². The van der Waals surface area contributed by atoms with Crippen LogP contribution in [0.5, 0.6) is 5.75 Å². The van der Waals surface area contributed by atoms with Crippen molar-refractivity contribution in [1.82, 2.24) is 9.88 Å². The molecule has 0 fully saturated rings. The molecule has 0 atom stereocenters. The molecule has 0 saturated heterocycles. The number of nitrogens with two attached hydrogens (primary N) is 1. The molecule has 134 valence electrons. The van der Waals surface area contributed by atoms with Crippen LogP contribution in [0.15, 0.2) is 46.2 Å². The largest absolute Gasteiger partial charge is 0.496 e. The number of carbonyl (C=O) groups excluding carboxylic acids is 1. The van der Waals surface area contributed by atoms with Crippen molar-refractivity contribution < 1.29 is 17.9 Å². The number of hydrogen-bond donors (Lipinski definition) is 2. The first kappa shape index (κ1) is 18.7. The second kappa shape index (κ2) is 7.49. The number of nitrogens with zero attached hydrogens (tertiary/aromatic N) is 1. The second-order valence-electron chi connectivity index (χ2n) is 5.40. The Kier molecular flexibility index (Phi) is 5.60. The van der Waals surface area contributed by atoms with E-state index in [9.17, 15) is 18.0 Å². The van der Waals surface area contributed by atoms with Gasteiger partial charge in [0.1, 0.15) is 5.75 Å². The third-order valence-electron chi connectivity index (χ3n) is 3.61. The summed E-state index contributed by atoms with van der Waals surface area (Å²) in [5, 5.41) is 7.78. The molecule has 3 N–H and O–H groups in total. The Labute approximate surface area is 145 Å². The SMILES string of the molecule is COc1cc(=O)n(C)cc1C(=O)NCCc1ccc(S(N)(=O)=O)cc1. The summed E-state index contributed by atoms with van der Waals surface area (Å²) in [5.74, 6) is -0.160. The fourth-order valence-corrected chi connectivity index (χ4v) is 2.73. The zero-order valence-corrected chi connectivity index (χ0v) is 14.7. The summed E-state index contributed by atoms with van der Waals surface area (Å²) >= 11 is 0. The Morgan fingerprint density at radius 1 is 1.28 bits per heavy atom. The summed E-state index contributed by atoms with van der Waals surface area (Å²) in [6, 6.07) is 7.36. The lowest BCUT2D eigenvalue weighted by atomic mass is 10.1. The number of pyridine rings is 1. The third kappa shape index (κ3) is 4.68. The summed E-state index contributed by atoms with van der Waals surface area (Å²) in [7, 11) is -0.782. The number of carbonyl (C=O) groups is 1. The molecular weight excluding hydrogens is 346 g/mol. The van der Waals surface area contributed by atoms with Gasteiger partial charge in [-0.2, -0.15) is 0 Å². The lowest BCUT2D eigenvalue weighted by molar-refractivity contribution is 0.0950. The molecule has 1 aromatic heterocycles. The number of benzene rings is 1. The molecule has 0 aliphatic heterocycles. The Morgan fingerprint density at radius 2 is 1.92 bits per heavy atom. The van der Waals surface area contributed by atoms with Crippen molar-refractivity contribution in [2.45, 2.75) is 11.3 Å². The van der Waals surface area contributed by atoms with E-state index in [2.05, 4.69) is 5.32 Å². The minimum Gasteiger partial charge on any atom is -0.496 e. The number of rotatable bonds is 6. The molecule has 1 aromatic carbocycles. The Bertz CT molecular complexity index is 933. The van der Waals surface area contributed by atoms with Gasteiger partial charge in [0.15, 0.2) is 0 Å². The molecule has 0 radical (unpaired) electrons. The highest BCUT2D eigenvalue weighted by Crippen LogP contribution is 2.14. The monoisotopic (exact) mass is 365 g/mol. The van der Waals surface area contributed by atoms with Crippen LogP contribution in [0.3, 0.4) is 0 Å². The number of primary sulfonamides is 1. The maximum Gasteiger partial charge on any atom is 0.256 e. The molecule has 0 aliphatic carbocycles. The molecule has 1 amide bonds. The van der Waals surface area contributed by atoms with Gasteiger partial charge in [-0.05, 0) is 24.1 Å². The van der Waals surface area contributed by atoms with Gasteiger partial charge in [0, 0.05) is 25.9 Å². The van der Waals surface area contributed by atoms with Gasteiger partial charge >= 0.3 is 0 Å². The number of ether oxygens (including phenoxy) is 1. The first-order chi connectivity index (χ1) is 11.7. The van der Waals surface area contributed by atoms with Crippen molar-refractivity contribution in [3.63, 3.8) is 0 Å². The van der Waals surface area contributed by atoms with Gasteiger partial charge in [0.25, 0.3) is 11.5 Å². The van der Waals surface area contributed by atoms with Gasteiger partial charge in [-0.3, -0.25) is 9.59 Å². The lowest BCUT2D eigenvalue weighted by Gasteiger charge is -2.10. The molecular formula is C16H19N3O5S.